The molecule has 24 heteroatoms. The largest absolute Gasteiger partial charge is 0.490 e. The summed E-state index contributed by atoms with van der Waals surface area (Å²) < 4.78 is 40.5. The summed E-state index contributed by atoms with van der Waals surface area (Å²) in [7, 11) is 8.47. The summed E-state index contributed by atoms with van der Waals surface area (Å²) in [6, 6.07) is 45.2. The smallest absolute Gasteiger partial charge is 0.410 e. The van der Waals surface area contributed by atoms with E-state index in [1.165, 1.54) is 79.6 Å². The molecule has 8 atom stereocenters. The first-order chi connectivity index (χ1) is 63.8. The molecule has 0 aliphatic carbocycles. The third kappa shape index (κ3) is 38.9. The highest BCUT2D eigenvalue weighted by molar-refractivity contribution is 5.70. The third-order valence-corrected chi connectivity index (χ3v) is 24.9. The van der Waals surface area contributed by atoms with E-state index >= 15 is 0 Å². The van der Waals surface area contributed by atoms with Crippen LogP contribution in [0, 0.1) is 38.8 Å². The normalized spacial score (nSPS) is 16.4. The maximum absolute atomic E-state index is 12.3. The van der Waals surface area contributed by atoms with E-state index in [2.05, 4.69) is 240 Å². The number of amides is 3. The van der Waals surface area contributed by atoms with Gasteiger partial charge in [0.05, 0.1) is 42.9 Å². The topological polar surface area (TPSA) is 290 Å². The molecular weight excluding hydrogens is 1680 g/mol. The Morgan fingerprint density at radius 3 is 0.881 bits per heavy atom. The molecule has 3 amide bonds. The van der Waals surface area contributed by atoms with Crippen LogP contribution in [0.2, 0.25) is 0 Å². The summed E-state index contributed by atoms with van der Waals surface area (Å²) in [6.07, 6.45) is 24.0. The predicted octanol–water partition coefficient (Wildman–Crippen LogP) is 21.9. The average Bonchev–Trinajstić information content (AvgIpc) is 0.822. The number of aliphatic hydroxyl groups excluding tert-OH is 1. The molecule has 4 aromatic carbocycles. The van der Waals surface area contributed by atoms with Gasteiger partial charge in [-0.15, -0.1) is 0 Å². The van der Waals surface area contributed by atoms with E-state index in [1.54, 1.807) is 40.2 Å². The minimum Gasteiger partial charge on any atom is -0.490 e. The van der Waals surface area contributed by atoms with Gasteiger partial charge in [-0.3, -0.25) is 19.9 Å². The fourth-order valence-electron chi connectivity index (χ4n) is 15.7. The highest BCUT2D eigenvalue weighted by atomic mass is 16.6. The number of nitrogens with zero attached hydrogens (tertiary/aromatic N) is 9. The number of nitrogens with two attached hydrogens (primary N) is 1. The first kappa shape index (κ1) is 111. The summed E-state index contributed by atoms with van der Waals surface area (Å²) in [6.45, 7) is 46.7. The molecule has 0 spiro atoms. The van der Waals surface area contributed by atoms with Crippen LogP contribution >= 0.6 is 0 Å². The van der Waals surface area contributed by atoms with Crippen LogP contribution < -0.4 is 30.0 Å². The number of likely N-dealkylation sites (tertiary alicyclic amines) is 3. The zero-order valence-electron chi connectivity index (χ0n) is 85.6. The molecule has 12 rings (SSSR count). The Balaban J connectivity index is 0.000000272. The number of carbonyl (C=O) groups excluding carboxylic acids is 3. The van der Waals surface area contributed by atoms with Crippen LogP contribution in [0.1, 0.15) is 276 Å². The fraction of sp³-hybridized carbons (Fsp3) is 0.573. The van der Waals surface area contributed by atoms with Crippen LogP contribution in [0.3, 0.4) is 0 Å². The average molecular weight is 1850 g/mol. The van der Waals surface area contributed by atoms with Crippen LogP contribution in [-0.2, 0) is 65.6 Å². The summed E-state index contributed by atoms with van der Waals surface area (Å²) in [5.41, 5.74) is 34.4. The number of aromatic nitrogens is 4. The third-order valence-electron chi connectivity index (χ3n) is 24.9. The molecule has 0 saturated carbocycles. The van der Waals surface area contributed by atoms with Crippen molar-refractivity contribution in [3.05, 3.63) is 236 Å². The number of rotatable bonds is 38. The van der Waals surface area contributed by atoms with Crippen LogP contribution in [0.15, 0.2) is 146 Å². The quantitative estimate of drug-likeness (QED) is 0.0177. The number of aliphatic hydroxyl groups is 1. The molecule has 134 heavy (non-hydrogen) atoms. The van der Waals surface area contributed by atoms with E-state index in [0.29, 0.717) is 62.6 Å². The number of hydrogen-bond acceptors (Lipinski definition) is 21. The lowest BCUT2D eigenvalue weighted by atomic mass is 9.92. The van der Waals surface area contributed by atoms with Crippen molar-refractivity contribution in [2.45, 2.75) is 305 Å². The second kappa shape index (κ2) is 55.8. The van der Waals surface area contributed by atoms with E-state index < -0.39 is 16.8 Å². The Bertz CT molecular complexity index is 4630. The second-order valence-corrected chi connectivity index (χ2v) is 40.1. The van der Waals surface area contributed by atoms with Gasteiger partial charge in [0.25, 0.3) is 0 Å². The van der Waals surface area contributed by atoms with Gasteiger partial charge in [-0.05, 0) is 356 Å². The minimum absolute atomic E-state index is 0. The van der Waals surface area contributed by atoms with Gasteiger partial charge in [-0.25, -0.2) is 25.4 Å². The molecule has 4 saturated heterocycles. The van der Waals surface area contributed by atoms with Crippen molar-refractivity contribution < 1.29 is 54.1 Å². The Kier molecular flexibility index (Phi) is 46.2. The predicted molar refractivity (Wildman–Crippen MR) is 543 cm³/mol. The van der Waals surface area contributed by atoms with Crippen LogP contribution in [0.25, 0.3) is 0 Å². The number of carbonyl (C=O) groups is 3. The number of likely N-dealkylation sites (N-methyl/N-ethyl adjacent to an activating group) is 2. The Morgan fingerprint density at radius 2 is 0.672 bits per heavy atom. The molecule has 4 aliphatic heterocycles. The lowest BCUT2D eigenvalue weighted by molar-refractivity contribution is -0.0149. The number of aryl methyl sites for hydroxylation is 9. The Hall–Kier alpha value is -10.1. The van der Waals surface area contributed by atoms with Gasteiger partial charge < -0.3 is 73.8 Å². The Labute approximate surface area is 805 Å². The van der Waals surface area contributed by atoms with Crippen molar-refractivity contribution in [2.24, 2.45) is 5.73 Å². The molecule has 4 aliphatic rings. The molecule has 6 N–H and O–H groups in total. The number of benzene rings is 4. The standard InChI is InChI=1S/C29H43N3O3.C28H40N2O3.C27H39N3O3.C24H35N3O.C2H6O.H2N2.H2/c1-21(24-12-9-23(10-13-24)14-16-31(6)7)8-11-25-18-27(19-30-22(25)2)34-20-26-15-17-32(26)28(33)35-29(3,4)5;1-7-8-22-10-13-23(14-11-22)20(2)9-12-24-17-26(18-29-21(24)3)32-19-25-15-16-30(25)27(31)33-28(4,5)6;1-19(22-10-7-21(8-11-22)12-14-28)6-9-23-16-25(17-29-20(23)2)32-18-24-13-15-30(24)26(31)33-27(3,4)5;1-18(21-9-6-20(7-10-21)12-14-27(3)4)5-8-22-15-24(16-26-19(22)2)28-17-23-11-13-25-23;1-2-3;1-2;/h9-10,12-13,18-19,21,26H,8,11,14-17,20H2,1-7H3;10-11,13-14,17-18,20,25H,7-9,12,15-16,19H2,1-6H3;7-8,10-11,16-17,19,24H,6,9,12-15,18,28H2,1-5H3;6-7,9-10,15-16,18,23,25H,5,8,11-14,17H2,1-4H3;3H,2H2,1H3;1-2H;1H/t21-,26+;20-,25+;19-,24+;18-,23+;;;/m1111.../s1. The second-order valence-electron chi connectivity index (χ2n) is 40.1. The summed E-state index contributed by atoms with van der Waals surface area (Å²) >= 11 is 0. The SMILES string of the molecule is CCCc1ccc([C@H](C)CCc2cc(OC[C@@H]3CCN3C(=O)OC(C)(C)C)cnc2C)cc1.CCO.Cc1ncc(OC[C@@H]2CCN2)cc1CC[C@@H](C)c1ccc(CCN(C)C)cc1.Cc1ncc(OC[C@@H]2CCN2C(=O)OC(C)(C)C)cc1CC[C@@H](C)c1ccc(CCN(C)C)cc1.Cc1ncc(OC[C@@H]2CCN2C(=O)OC(C)(C)C)cc1CC[C@@H](C)c1ccc(CCN)cc1.N=N.[HH]. The molecule has 8 aromatic rings. The van der Waals surface area contributed by atoms with E-state index in [1.807, 2.05) is 75.4 Å². The molecular formula is C110H167N13O11. The number of hydrogen-bond donors (Lipinski definition) is 5. The van der Waals surface area contributed by atoms with Crippen molar-refractivity contribution in [1.29, 1.82) is 11.1 Å². The van der Waals surface area contributed by atoms with Crippen molar-refractivity contribution in [3.63, 3.8) is 0 Å². The lowest BCUT2D eigenvalue weighted by Gasteiger charge is -2.41. The van der Waals surface area contributed by atoms with Crippen molar-refractivity contribution in [1.82, 2.24) is 49.8 Å². The first-order valence-electron chi connectivity index (χ1n) is 49.0. The molecule has 738 valence electrons. The molecule has 4 fully saturated rings. The molecule has 24 nitrogen and oxygen atoms in total. The molecule has 4 aromatic heterocycles. The van der Waals surface area contributed by atoms with E-state index in [4.69, 9.17) is 55.1 Å². The number of nitrogens with one attached hydrogen (secondary N) is 3. The van der Waals surface area contributed by atoms with Crippen molar-refractivity contribution in [3.8, 4) is 23.0 Å². The van der Waals surface area contributed by atoms with Gasteiger partial charge in [-0.2, -0.15) is 0 Å². The van der Waals surface area contributed by atoms with Crippen molar-refractivity contribution >= 4 is 18.3 Å². The minimum atomic E-state index is -0.489. The number of ether oxygens (including phenoxy) is 7. The van der Waals surface area contributed by atoms with Gasteiger partial charge in [0.2, 0.25) is 0 Å². The van der Waals surface area contributed by atoms with E-state index in [9.17, 15) is 14.4 Å². The zero-order valence-corrected chi connectivity index (χ0v) is 85.6. The molecule has 0 unspecified atom stereocenters. The first-order valence-corrected chi connectivity index (χ1v) is 49.0. The van der Waals surface area contributed by atoms with Crippen LogP contribution in [0.4, 0.5) is 14.4 Å². The van der Waals surface area contributed by atoms with Gasteiger partial charge in [-0.1, -0.05) is 138 Å². The Morgan fingerprint density at radius 1 is 0.425 bits per heavy atom. The summed E-state index contributed by atoms with van der Waals surface area (Å²) in [4.78, 5) is 64.9. The van der Waals surface area contributed by atoms with E-state index in [0.717, 1.165) is 181 Å². The monoisotopic (exact) mass is 1850 g/mol. The van der Waals surface area contributed by atoms with Gasteiger partial charge in [0.1, 0.15) is 66.2 Å². The fourth-order valence-corrected chi connectivity index (χ4v) is 15.7. The molecule has 0 bridgehead atoms. The number of pyridine rings is 4. The highest BCUT2D eigenvalue weighted by Crippen LogP contribution is 2.33. The summed E-state index contributed by atoms with van der Waals surface area (Å²) in [5.74, 6) is 5.13. The maximum atomic E-state index is 12.3. The maximum Gasteiger partial charge on any atom is 0.410 e. The molecule has 8 heterocycles. The van der Waals surface area contributed by atoms with Crippen LogP contribution in [0.5, 0.6) is 23.0 Å². The summed E-state index contributed by atoms with van der Waals surface area (Å²) in [5, 5.41) is 10.9. The highest BCUT2D eigenvalue weighted by Gasteiger charge is 2.39. The van der Waals surface area contributed by atoms with E-state index in [-0.39, 0.29) is 44.4 Å². The zero-order chi connectivity index (χ0) is 98.2. The van der Waals surface area contributed by atoms with Gasteiger partial charge in [0.15, 0.2) is 0 Å². The van der Waals surface area contributed by atoms with Gasteiger partial charge >= 0.3 is 18.3 Å². The van der Waals surface area contributed by atoms with Crippen molar-refractivity contribution in [2.75, 3.05) is 107 Å². The van der Waals surface area contributed by atoms with Crippen LogP contribution in [-0.4, -0.2) is 216 Å². The lowest BCUT2D eigenvalue weighted by Crippen LogP contribution is -2.55. The molecule has 0 radical (unpaired) electrons. The van der Waals surface area contributed by atoms with Gasteiger partial charge in [0, 0.05) is 69.6 Å².